The van der Waals surface area contributed by atoms with Crippen LogP contribution in [0.15, 0.2) is 23.6 Å². The van der Waals surface area contributed by atoms with E-state index in [0.29, 0.717) is 11.3 Å². The quantitative estimate of drug-likeness (QED) is 0.897. The fraction of sp³-hybridized carbons (Fsp3) is 0.333. The predicted octanol–water partition coefficient (Wildman–Crippen LogP) is 4.11. The maximum absolute atomic E-state index is 11.4. The van der Waals surface area contributed by atoms with Gasteiger partial charge in [0.2, 0.25) is 0 Å². The number of thiophene rings is 1. The SMILES string of the molecule is Cc1cc(C(=O)O)c(C(C)(C)C)nc1-c1cccs1. The van der Waals surface area contributed by atoms with Gasteiger partial charge in [0.15, 0.2) is 0 Å². The first-order chi connectivity index (χ1) is 8.80. The number of hydrogen-bond acceptors (Lipinski definition) is 3. The van der Waals surface area contributed by atoms with Gasteiger partial charge < -0.3 is 5.11 Å². The fourth-order valence-electron chi connectivity index (χ4n) is 2.01. The largest absolute Gasteiger partial charge is 0.478 e. The third-order valence-corrected chi connectivity index (χ3v) is 3.79. The van der Waals surface area contributed by atoms with E-state index in [2.05, 4.69) is 4.98 Å². The lowest BCUT2D eigenvalue weighted by atomic mass is 9.87. The highest BCUT2D eigenvalue weighted by Gasteiger charge is 2.25. The molecule has 0 aromatic carbocycles. The number of carboxylic acids is 1. The number of aryl methyl sites for hydroxylation is 1. The molecule has 19 heavy (non-hydrogen) atoms. The highest BCUT2D eigenvalue weighted by atomic mass is 32.1. The van der Waals surface area contributed by atoms with Crippen LogP contribution in [0.1, 0.15) is 42.4 Å². The normalized spacial score (nSPS) is 11.6. The molecule has 100 valence electrons. The molecule has 4 heteroatoms. The summed E-state index contributed by atoms with van der Waals surface area (Å²) in [6, 6.07) is 5.71. The molecule has 0 unspecified atom stereocenters. The number of rotatable bonds is 2. The lowest BCUT2D eigenvalue weighted by Crippen LogP contribution is -2.20. The first-order valence-corrected chi connectivity index (χ1v) is 6.98. The number of aromatic carboxylic acids is 1. The smallest absolute Gasteiger partial charge is 0.337 e. The molecule has 0 aliphatic rings. The number of carbonyl (C=O) groups is 1. The van der Waals surface area contributed by atoms with Crippen molar-refractivity contribution in [2.45, 2.75) is 33.1 Å². The van der Waals surface area contributed by atoms with Gasteiger partial charge in [-0.25, -0.2) is 4.79 Å². The Morgan fingerprint density at radius 1 is 1.37 bits per heavy atom. The topological polar surface area (TPSA) is 50.2 Å². The third kappa shape index (κ3) is 2.68. The summed E-state index contributed by atoms with van der Waals surface area (Å²) in [6.45, 7) is 7.85. The molecule has 0 fully saturated rings. The number of nitrogens with zero attached hydrogens (tertiary/aromatic N) is 1. The molecule has 2 aromatic rings. The fourth-order valence-corrected chi connectivity index (χ4v) is 2.79. The molecule has 0 spiro atoms. The van der Waals surface area contributed by atoms with E-state index in [0.717, 1.165) is 16.1 Å². The second-order valence-corrected chi connectivity index (χ2v) is 6.53. The summed E-state index contributed by atoms with van der Waals surface area (Å²) >= 11 is 1.61. The van der Waals surface area contributed by atoms with E-state index in [-0.39, 0.29) is 5.41 Å². The van der Waals surface area contributed by atoms with Crippen LogP contribution in [0.4, 0.5) is 0 Å². The predicted molar refractivity (Wildman–Crippen MR) is 77.9 cm³/mol. The molecular formula is C15H17NO2S. The molecule has 1 N–H and O–H groups in total. The van der Waals surface area contributed by atoms with Crippen LogP contribution in [0.2, 0.25) is 0 Å². The standard InChI is InChI=1S/C15H17NO2S/c1-9-8-10(14(17)18)13(15(2,3)4)16-12(9)11-6-5-7-19-11/h5-8H,1-4H3,(H,17,18). The molecule has 0 amide bonds. The lowest BCUT2D eigenvalue weighted by molar-refractivity contribution is 0.0693. The second-order valence-electron chi connectivity index (χ2n) is 5.58. The van der Waals surface area contributed by atoms with E-state index in [9.17, 15) is 9.90 Å². The van der Waals surface area contributed by atoms with Gasteiger partial charge in [-0.2, -0.15) is 0 Å². The number of aromatic nitrogens is 1. The van der Waals surface area contributed by atoms with E-state index in [1.165, 1.54) is 0 Å². The van der Waals surface area contributed by atoms with E-state index in [1.54, 1.807) is 17.4 Å². The van der Waals surface area contributed by atoms with Gasteiger partial charge in [-0.05, 0) is 30.0 Å². The van der Waals surface area contributed by atoms with Crippen molar-refractivity contribution in [3.05, 3.63) is 40.4 Å². The van der Waals surface area contributed by atoms with E-state index in [4.69, 9.17) is 0 Å². The van der Waals surface area contributed by atoms with Crippen LogP contribution in [0.25, 0.3) is 10.6 Å². The summed E-state index contributed by atoms with van der Waals surface area (Å²) in [6.07, 6.45) is 0. The van der Waals surface area contributed by atoms with Crippen molar-refractivity contribution < 1.29 is 9.90 Å². The molecule has 0 saturated heterocycles. The average Bonchev–Trinajstić information content (AvgIpc) is 2.80. The minimum Gasteiger partial charge on any atom is -0.478 e. The molecule has 0 saturated carbocycles. The Labute approximate surface area is 116 Å². The Morgan fingerprint density at radius 3 is 2.53 bits per heavy atom. The van der Waals surface area contributed by atoms with Crippen molar-refractivity contribution in [1.29, 1.82) is 0 Å². The summed E-state index contributed by atoms with van der Waals surface area (Å²) in [5.41, 5.74) is 2.41. The van der Waals surface area contributed by atoms with Crippen molar-refractivity contribution in [2.75, 3.05) is 0 Å². The van der Waals surface area contributed by atoms with E-state index < -0.39 is 5.97 Å². The van der Waals surface area contributed by atoms with Crippen molar-refractivity contribution >= 4 is 17.3 Å². The van der Waals surface area contributed by atoms with Gasteiger partial charge in [-0.3, -0.25) is 4.98 Å². The number of carboxylic acid groups (broad SMARTS) is 1. The van der Waals surface area contributed by atoms with Crippen LogP contribution in [-0.4, -0.2) is 16.1 Å². The van der Waals surface area contributed by atoms with Crippen molar-refractivity contribution in [1.82, 2.24) is 4.98 Å². The molecule has 0 atom stereocenters. The first-order valence-electron chi connectivity index (χ1n) is 6.10. The van der Waals surface area contributed by atoms with Crippen molar-refractivity contribution in [3.63, 3.8) is 0 Å². The van der Waals surface area contributed by atoms with Crippen LogP contribution < -0.4 is 0 Å². The van der Waals surface area contributed by atoms with Crippen LogP contribution >= 0.6 is 11.3 Å². The molecule has 2 heterocycles. The summed E-state index contributed by atoms with van der Waals surface area (Å²) in [5.74, 6) is -0.918. The minimum absolute atomic E-state index is 0.297. The summed E-state index contributed by atoms with van der Waals surface area (Å²) in [4.78, 5) is 17.1. The highest BCUT2D eigenvalue weighted by Crippen LogP contribution is 2.32. The van der Waals surface area contributed by atoms with E-state index >= 15 is 0 Å². The van der Waals surface area contributed by atoms with Gasteiger partial charge in [-0.15, -0.1) is 11.3 Å². The van der Waals surface area contributed by atoms with Crippen molar-refractivity contribution in [2.24, 2.45) is 0 Å². The van der Waals surface area contributed by atoms with Crippen LogP contribution in [0.5, 0.6) is 0 Å². The van der Waals surface area contributed by atoms with Crippen molar-refractivity contribution in [3.8, 4) is 10.6 Å². The Bertz CT molecular complexity index is 610. The lowest BCUT2D eigenvalue weighted by Gasteiger charge is -2.21. The molecule has 0 radical (unpaired) electrons. The summed E-state index contributed by atoms with van der Waals surface area (Å²) < 4.78 is 0. The molecule has 3 nitrogen and oxygen atoms in total. The second kappa shape index (κ2) is 4.78. The molecule has 0 bridgehead atoms. The van der Waals surface area contributed by atoms with Gasteiger partial charge in [-0.1, -0.05) is 26.8 Å². The summed E-state index contributed by atoms with van der Waals surface area (Å²) in [5, 5.41) is 11.3. The summed E-state index contributed by atoms with van der Waals surface area (Å²) in [7, 11) is 0. The highest BCUT2D eigenvalue weighted by molar-refractivity contribution is 7.13. The molecule has 2 aromatic heterocycles. The molecule has 0 aliphatic carbocycles. The molecule has 0 aliphatic heterocycles. The van der Waals surface area contributed by atoms with Gasteiger partial charge in [0.05, 0.1) is 21.8 Å². The Morgan fingerprint density at radius 2 is 2.05 bits per heavy atom. The zero-order valence-corrected chi connectivity index (χ0v) is 12.3. The van der Waals surface area contributed by atoms with Crippen LogP contribution in [0, 0.1) is 6.92 Å². The maximum atomic E-state index is 11.4. The Kier molecular flexibility index (Phi) is 3.45. The number of pyridine rings is 1. The number of hydrogen-bond donors (Lipinski definition) is 1. The van der Waals surface area contributed by atoms with Crippen LogP contribution in [0.3, 0.4) is 0 Å². The average molecular weight is 275 g/mol. The minimum atomic E-state index is -0.918. The Hall–Kier alpha value is -1.68. The third-order valence-electron chi connectivity index (χ3n) is 2.91. The van der Waals surface area contributed by atoms with Gasteiger partial charge >= 0.3 is 5.97 Å². The van der Waals surface area contributed by atoms with Gasteiger partial charge in [0.25, 0.3) is 0 Å². The van der Waals surface area contributed by atoms with Gasteiger partial charge in [0.1, 0.15) is 0 Å². The monoisotopic (exact) mass is 275 g/mol. The van der Waals surface area contributed by atoms with Crippen LogP contribution in [-0.2, 0) is 5.41 Å². The zero-order valence-electron chi connectivity index (χ0n) is 11.5. The zero-order chi connectivity index (χ0) is 14.2. The van der Waals surface area contributed by atoms with E-state index in [1.807, 2.05) is 45.2 Å². The molecular weight excluding hydrogens is 258 g/mol. The first kappa shape index (κ1) is 13.7. The maximum Gasteiger partial charge on any atom is 0.337 e. The Balaban J connectivity index is 2.70. The molecule has 2 rings (SSSR count). The van der Waals surface area contributed by atoms with Gasteiger partial charge in [0, 0.05) is 5.41 Å².